The third kappa shape index (κ3) is 8.94. The SMILES string of the molecule is CCNC(=NCc1ccc(C)cc1OCC(F)(F)F)NCCC1CCN(C)CC1. The molecule has 0 bridgehead atoms. The van der Waals surface area contributed by atoms with Crippen LogP contribution in [0, 0.1) is 12.8 Å². The van der Waals surface area contributed by atoms with Gasteiger partial charge < -0.3 is 20.3 Å². The number of ether oxygens (including phenoxy) is 1. The van der Waals surface area contributed by atoms with Crippen molar-refractivity contribution in [2.45, 2.75) is 45.8 Å². The maximum absolute atomic E-state index is 12.5. The fourth-order valence-electron chi connectivity index (χ4n) is 3.34. The van der Waals surface area contributed by atoms with Crippen LogP contribution < -0.4 is 15.4 Å². The molecule has 0 spiro atoms. The number of likely N-dealkylation sites (tertiary alicyclic amines) is 1. The second kappa shape index (κ2) is 11.3. The number of nitrogens with zero attached hydrogens (tertiary/aromatic N) is 2. The van der Waals surface area contributed by atoms with Gasteiger partial charge >= 0.3 is 6.18 Å². The Bertz CT molecular complexity index is 656. The molecule has 1 fully saturated rings. The zero-order chi connectivity index (χ0) is 21.3. The third-order valence-electron chi connectivity index (χ3n) is 5.05. The summed E-state index contributed by atoms with van der Waals surface area (Å²) in [6.45, 7) is 6.58. The number of halogens is 3. The summed E-state index contributed by atoms with van der Waals surface area (Å²) in [7, 11) is 2.15. The number of rotatable bonds is 8. The van der Waals surface area contributed by atoms with Crippen molar-refractivity contribution in [3.8, 4) is 5.75 Å². The minimum absolute atomic E-state index is 0.230. The van der Waals surface area contributed by atoms with Gasteiger partial charge in [-0.1, -0.05) is 12.1 Å². The monoisotopic (exact) mass is 414 g/mol. The number of guanidine groups is 1. The molecule has 1 aliphatic heterocycles. The van der Waals surface area contributed by atoms with Crippen LogP contribution in [-0.4, -0.2) is 56.9 Å². The Morgan fingerprint density at radius 1 is 1.24 bits per heavy atom. The molecule has 29 heavy (non-hydrogen) atoms. The molecule has 5 nitrogen and oxygen atoms in total. The van der Waals surface area contributed by atoms with Crippen molar-refractivity contribution in [2.24, 2.45) is 10.9 Å². The van der Waals surface area contributed by atoms with Crippen molar-refractivity contribution in [2.75, 3.05) is 39.8 Å². The summed E-state index contributed by atoms with van der Waals surface area (Å²) in [5.41, 5.74) is 1.48. The highest BCUT2D eigenvalue weighted by Gasteiger charge is 2.28. The number of hydrogen-bond donors (Lipinski definition) is 2. The highest BCUT2D eigenvalue weighted by Crippen LogP contribution is 2.24. The highest BCUT2D eigenvalue weighted by atomic mass is 19.4. The fraction of sp³-hybridized carbons (Fsp3) is 0.667. The number of piperidine rings is 1. The lowest BCUT2D eigenvalue weighted by Gasteiger charge is -2.29. The lowest BCUT2D eigenvalue weighted by molar-refractivity contribution is -0.153. The lowest BCUT2D eigenvalue weighted by Crippen LogP contribution is -2.39. The van der Waals surface area contributed by atoms with Gasteiger partial charge in [-0.3, -0.25) is 0 Å². The van der Waals surface area contributed by atoms with Crippen LogP contribution in [0.4, 0.5) is 13.2 Å². The number of hydrogen-bond acceptors (Lipinski definition) is 3. The van der Waals surface area contributed by atoms with E-state index in [-0.39, 0.29) is 12.3 Å². The predicted octanol–water partition coefficient (Wildman–Crippen LogP) is 3.72. The molecule has 1 saturated heterocycles. The molecule has 0 aliphatic carbocycles. The van der Waals surface area contributed by atoms with Crippen molar-refractivity contribution >= 4 is 5.96 Å². The fourth-order valence-corrected chi connectivity index (χ4v) is 3.34. The molecule has 0 unspecified atom stereocenters. The molecule has 0 radical (unpaired) electrons. The van der Waals surface area contributed by atoms with Crippen molar-refractivity contribution in [1.29, 1.82) is 0 Å². The summed E-state index contributed by atoms with van der Waals surface area (Å²) >= 11 is 0. The highest BCUT2D eigenvalue weighted by molar-refractivity contribution is 5.79. The standard InChI is InChI=1S/C21H33F3N4O/c1-4-25-20(26-10-7-17-8-11-28(3)12-9-17)27-14-18-6-5-16(2)13-19(18)29-15-21(22,23)24/h5-6,13,17H,4,7-12,14-15H2,1-3H3,(H2,25,26,27). The minimum atomic E-state index is -4.37. The van der Waals surface area contributed by atoms with Crippen LogP contribution in [0.1, 0.15) is 37.3 Å². The zero-order valence-corrected chi connectivity index (χ0v) is 17.6. The van der Waals surface area contributed by atoms with E-state index in [1.165, 1.54) is 12.8 Å². The first-order valence-corrected chi connectivity index (χ1v) is 10.3. The van der Waals surface area contributed by atoms with Gasteiger partial charge in [0, 0.05) is 18.7 Å². The van der Waals surface area contributed by atoms with Crippen LogP contribution in [0.25, 0.3) is 0 Å². The van der Waals surface area contributed by atoms with Gasteiger partial charge in [-0.2, -0.15) is 13.2 Å². The van der Waals surface area contributed by atoms with Gasteiger partial charge in [0.05, 0.1) is 6.54 Å². The molecule has 0 amide bonds. The van der Waals surface area contributed by atoms with Gasteiger partial charge in [0.25, 0.3) is 0 Å². The third-order valence-corrected chi connectivity index (χ3v) is 5.05. The second-order valence-corrected chi connectivity index (χ2v) is 7.67. The number of aliphatic imine (C=N–C) groups is 1. The average molecular weight is 415 g/mol. The van der Waals surface area contributed by atoms with Crippen LogP contribution in [0.3, 0.4) is 0 Å². The van der Waals surface area contributed by atoms with Gasteiger partial charge in [-0.25, -0.2) is 4.99 Å². The van der Waals surface area contributed by atoms with Crippen LogP contribution in [-0.2, 0) is 6.54 Å². The number of benzene rings is 1. The minimum Gasteiger partial charge on any atom is -0.484 e. The smallest absolute Gasteiger partial charge is 0.422 e. The predicted molar refractivity (Wildman–Crippen MR) is 110 cm³/mol. The van der Waals surface area contributed by atoms with E-state index in [1.807, 2.05) is 19.9 Å². The first kappa shape index (κ1) is 23.3. The Morgan fingerprint density at radius 2 is 1.97 bits per heavy atom. The van der Waals surface area contributed by atoms with Crippen molar-refractivity contribution in [3.63, 3.8) is 0 Å². The second-order valence-electron chi connectivity index (χ2n) is 7.67. The normalized spacial score (nSPS) is 16.7. The molecule has 0 aromatic heterocycles. The summed E-state index contributed by atoms with van der Waals surface area (Å²) < 4.78 is 42.6. The van der Waals surface area contributed by atoms with Gasteiger partial charge in [0.1, 0.15) is 5.75 Å². The number of aryl methyl sites for hydroxylation is 1. The van der Waals surface area contributed by atoms with E-state index in [1.54, 1.807) is 12.1 Å². The molecule has 1 aromatic rings. The van der Waals surface area contributed by atoms with Gasteiger partial charge in [0.15, 0.2) is 12.6 Å². The van der Waals surface area contributed by atoms with Crippen LogP contribution >= 0.6 is 0 Å². The first-order valence-electron chi connectivity index (χ1n) is 10.3. The largest absolute Gasteiger partial charge is 0.484 e. The molecular formula is C21H33F3N4O. The quantitative estimate of drug-likeness (QED) is 0.503. The number of alkyl halides is 3. The Labute approximate surface area is 171 Å². The summed E-state index contributed by atoms with van der Waals surface area (Å²) in [6.07, 6.45) is -0.846. The molecule has 0 atom stereocenters. The van der Waals surface area contributed by atoms with Gasteiger partial charge in [-0.05, 0) is 70.8 Å². The summed E-state index contributed by atoms with van der Waals surface area (Å²) in [6, 6.07) is 5.25. The molecule has 164 valence electrons. The first-order chi connectivity index (χ1) is 13.8. The Hall–Kier alpha value is -1.96. The topological polar surface area (TPSA) is 48.9 Å². The molecule has 1 aromatic carbocycles. The van der Waals surface area contributed by atoms with E-state index in [2.05, 4.69) is 27.6 Å². The van der Waals surface area contributed by atoms with Crippen LogP contribution in [0.5, 0.6) is 5.75 Å². The summed E-state index contributed by atoms with van der Waals surface area (Å²) in [4.78, 5) is 6.89. The maximum atomic E-state index is 12.5. The molecule has 1 aliphatic rings. The van der Waals surface area contributed by atoms with Crippen LogP contribution in [0.2, 0.25) is 0 Å². The van der Waals surface area contributed by atoms with Gasteiger partial charge in [-0.15, -0.1) is 0 Å². The Morgan fingerprint density at radius 3 is 2.62 bits per heavy atom. The summed E-state index contributed by atoms with van der Waals surface area (Å²) in [5.74, 6) is 1.62. The van der Waals surface area contributed by atoms with E-state index >= 15 is 0 Å². The lowest BCUT2D eigenvalue weighted by atomic mass is 9.94. The molecule has 2 rings (SSSR count). The zero-order valence-electron chi connectivity index (χ0n) is 17.6. The van der Waals surface area contributed by atoms with Gasteiger partial charge in [0.2, 0.25) is 0 Å². The Kier molecular flexibility index (Phi) is 9.07. The molecular weight excluding hydrogens is 381 g/mol. The van der Waals surface area contributed by atoms with E-state index in [0.717, 1.165) is 37.5 Å². The molecule has 0 saturated carbocycles. The number of nitrogens with one attached hydrogen (secondary N) is 2. The van der Waals surface area contributed by atoms with Crippen molar-refractivity contribution < 1.29 is 17.9 Å². The maximum Gasteiger partial charge on any atom is 0.422 e. The average Bonchev–Trinajstić information content (AvgIpc) is 2.66. The van der Waals surface area contributed by atoms with E-state index in [9.17, 15) is 13.2 Å². The van der Waals surface area contributed by atoms with E-state index in [0.29, 0.717) is 18.1 Å². The Balaban J connectivity index is 1.93. The molecule has 2 N–H and O–H groups in total. The van der Waals surface area contributed by atoms with Crippen molar-refractivity contribution in [3.05, 3.63) is 29.3 Å². The summed E-state index contributed by atoms with van der Waals surface area (Å²) in [5, 5.41) is 6.54. The molecule has 8 heteroatoms. The molecule has 1 heterocycles. The van der Waals surface area contributed by atoms with Crippen LogP contribution in [0.15, 0.2) is 23.2 Å². The van der Waals surface area contributed by atoms with Crippen molar-refractivity contribution in [1.82, 2.24) is 15.5 Å². The van der Waals surface area contributed by atoms with E-state index < -0.39 is 12.8 Å². The van der Waals surface area contributed by atoms with E-state index in [4.69, 9.17) is 4.74 Å².